The second-order valence-corrected chi connectivity index (χ2v) is 9.51. The standard InChI is InChI=1S/C30H35NO4/c1-6-18(3)35-30(33)27-19(4)31-25-16-23(21-12-14-24(34-5)15-13-21)17-26(32)29(25)28(27)22-10-8-20(7-2)9-11-22/h8-15,18,23,28,31H,6-7,16-17H2,1-5H3/t18-,23+,28-/m1/s1. The van der Waals surface area contributed by atoms with Gasteiger partial charge in [0.25, 0.3) is 0 Å². The average molecular weight is 474 g/mol. The van der Waals surface area contributed by atoms with Crippen molar-refractivity contribution in [2.45, 2.75) is 71.3 Å². The Hall–Kier alpha value is -3.34. The third kappa shape index (κ3) is 5.04. The summed E-state index contributed by atoms with van der Waals surface area (Å²) < 4.78 is 11.0. The Bertz CT molecular complexity index is 1160. The Morgan fingerprint density at radius 2 is 1.69 bits per heavy atom. The van der Waals surface area contributed by atoms with Crippen LogP contribution in [0, 0.1) is 0 Å². The average Bonchev–Trinajstić information content (AvgIpc) is 2.87. The quantitative estimate of drug-likeness (QED) is 0.503. The van der Waals surface area contributed by atoms with Crippen LogP contribution in [0.15, 0.2) is 71.1 Å². The fourth-order valence-corrected chi connectivity index (χ4v) is 5.03. The zero-order valence-corrected chi connectivity index (χ0v) is 21.3. The number of methoxy groups -OCH3 is 1. The summed E-state index contributed by atoms with van der Waals surface area (Å²) in [6, 6.07) is 16.2. The van der Waals surface area contributed by atoms with Crippen LogP contribution in [0.25, 0.3) is 0 Å². The summed E-state index contributed by atoms with van der Waals surface area (Å²) in [4.78, 5) is 27.0. The van der Waals surface area contributed by atoms with Crippen LogP contribution in [0.4, 0.5) is 0 Å². The fourth-order valence-electron chi connectivity index (χ4n) is 5.03. The number of hydrogen-bond acceptors (Lipinski definition) is 5. The molecular weight excluding hydrogens is 438 g/mol. The first-order valence-corrected chi connectivity index (χ1v) is 12.5. The van der Waals surface area contributed by atoms with E-state index >= 15 is 0 Å². The molecule has 1 heterocycles. The van der Waals surface area contributed by atoms with Crippen molar-refractivity contribution in [3.8, 4) is 5.75 Å². The number of rotatable bonds is 7. The number of Topliss-reactive ketones (excluding diaryl/α,β-unsaturated/α-hetero) is 1. The van der Waals surface area contributed by atoms with Gasteiger partial charge in [0.05, 0.1) is 18.8 Å². The SMILES string of the molecule is CCc1ccc([C@@H]2C(C(=O)O[C@H](C)CC)=C(C)NC3=C2C(=O)C[C@@H](c2ccc(OC)cc2)C3)cc1. The predicted octanol–water partition coefficient (Wildman–Crippen LogP) is 5.96. The van der Waals surface area contributed by atoms with Gasteiger partial charge in [-0.05, 0) is 67.9 Å². The highest BCUT2D eigenvalue weighted by atomic mass is 16.5. The molecule has 2 aromatic carbocycles. The maximum Gasteiger partial charge on any atom is 0.337 e. The fraction of sp³-hybridized carbons (Fsp3) is 0.400. The summed E-state index contributed by atoms with van der Waals surface area (Å²) in [5.74, 6) is 0.156. The van der Waals surface area contributed by atoms with Crippen LogP contribution in [0.1, 0.15) is 75.5 Å². The Labute approximate surface area is 208 Å². The summed E-state index contributed by atoms with van der Waals surface area (Å²) in [6.07, 6.45) is 2.59. The highest BCUT2D eigenvalue weighted by molar-refractivity contribution is 6.04. The largest absolute Gasteiger partial charge is 0.497 e. The zero-order chi connectivity index (χ0) is 25.1. The first-order chi connectivity index (χ1) is 16.9. The number of hydrogen-bond donors (Lipinski definition) is 1. The first-order valence-electron chi connectivity index (χ1n) is 12.5. The number of aryl methyl sites for hydroxylation is 1. The Kier molecular flexibility index (Phi) is 7.44. The van der Waals surface area contributed by atoms with E-state index in [1.54, 1.807) is 7.11 Å². The lowest BCUT2D eigenvalue weighted by Crippen LogP contribution is -2.36. The summed E-state index contributed by atoms with van der Waals surface area (Å²) in [5.41, 5.74) is 6.16. The molecule has 184 valence electrons. The summed E-state index contributed by atoms with van der Waals surface area (Å²) in [5, 5.41) is 3.43. The van der Waals surface area contributed by atoms with Gasteiger partial charge in [0.2, 0.25) is 0 Å². The maximum absolute atomic E-state index is 13.7. The molecule has 0 saturated heterocycles. The molecule has 0 unspecified atom stereocenters. The Morgan fingerprint density at radius 1 is 1.03 bits per heavy atom. The van der Waals surface area contributed by atoms with Gasteiger partial charge >= 0.3 is 5.97 Å². The first kappa shape index (κ1) is 24.8. The van der Waals surface area contributed by atoms with Crippen molar-refractivity contribution in [3.05, 3.63) is 87.8 Å². The van der Waals surface area contributed by atoms with Gasteiger partial charge in [-0.2, -0.15) is 0 Å². The lowest BCUT2D eigenvalue weighted by atomic mass is 9.71. The molecule has 0 saturated carbocycles. The van der Waals surface area contributed by atoms with Crippen LogP contribution in [0.3, 0.4) is 0 Å². The van der Waals surface area contributed by atoms with Gasteiger partial charge in [-0.15, -0.1) is 0 Å². The molecule has 1 aliphatic carbocycles. The molecule has 5 nitrogen and oxygen atoms in total. The van der Waals surface area contributed by atoms with Gasteiger partial charge in [0.15, 0.2) is 5.78 Å². The molecule has 0 bridgehead atoms. The minimum Gasteiger partial charge on any atom is -0.497 e. The van der Waals surface area contributed by atoms with Crippen molar-refractivity contribution in [2.75, 3.05) is 7.11 Å². The van der Waals surface area contributed by atoms with Crippen molar-refractivity contribution in [2.24, 2.45) is 0 Å². The van der Waals surface area contributed by atoms with Crippen LogP contribution in [0.2, 0.25) is 0 Å². The molecule has 0 aromatic heterocycles. The van der Waals surface area contributed by atoms with Crippen molar-refractivity contribution >= 4 is 11.8 Å². The highest BCUT2D eigenvalue weighted by Crippen LogP contribution is 2.46. The molecule has 1 aliphatic heterocycles. The molecule has 5 heteroatoms. The Morgan fingerprint density at radius 3 is 2.29 bits per heavy atom. The molecule has 0 spiro atoms. The van der Waals surface area contributed by atoms with Crippen LogP contribution < -0.4 is 10.1 Å². The molecular formula is C30H35NO4. The van der Waals surface area contributed by atoms with Gasteiger partial charge in [-0.3, -0.25) is 4.79 Å². The molecule has 0 fully saturated rings. The normalized spacial score (nSPS) is 20.8. The number of nitrogens with one attached hydrogen (secondary N) is 1. The molecule has 4 rings (SSSR count). The number of dihydropyridines is 1. The number of allylic oxidation sites excluding steroid dienone is 3. The van der Waals surface area contributed by atoms with Gasteiger partial charge in [0.1, 0.15) is 5.75 Å². The van der Waals surface area contributed by atoms with E-state index in [9.17, 15) is 9.59 Å². The number of ketones is 1. The molecule has 0 radical (unpaired) electrons. The lowest BCUT2D eigenvalue weighted by Gasteiger charge is -2.37. The van der Waals surface area contributed by atoms with E-state index in [-0.39, 0.29) is 23.8 Å². The van der Waals surface area contributed by atoms with Crippen molar-refractivity contribution in [1.82, 2.24) is 5.32 Å². The van der Waals surface area contributed by atoms with Gasteiger partial charge < -0.3 is 14.8 Å². The summed E-state index contributed by atoms with van der Waals surface area (Å²) in [6.45, 7) is 7.91. The van der Waals surface area contributed by atoms with Crippen LogP contribution in [-0.2, 0) is 20.7 Å². The number of esters is 1. The van der Waals surface area contributed by atoms with Crippen molar-refractivity contribution < 1.29 is 19.1 Å². The number of carbonyl (C=O) groups excluding carboxylic acids is 2. The molecule has 3 atom stereocenters. The third-order valence-electron chi connectivity index (χ3n) is 7.24. The van der Waals surface area contributed by atoms with E-state index < -0.39 is 5.92 Å². The molecule has 2 aliphatic rings. The van der Waals surface area contributed by atoms with Crippen LogP contribution in [-0.4, -0.2) is 25.0 Å². The highest BCUT2D eigenvalue weighted by Gasteiger charge is 2.41. The van der Waals surface area contributed by atoms with Crippen LogP contribution >= 0.6 is 0 Å². The molecule has 2 aromatic rings. The Balaban J connectivity index is 1.75. The van der Waals surface area contributed by atoms with Gasteiger partial charge in [-0.1, -0.05) is 50.2 Å². The summed E-state index contributed by atoms with van der Waals surface area (Å²) >= 11 is 0. The molecule has 1 N–H and O–H groups in total. The second kappa shape index (κ2) is 10.5. The van der Waals surface area contributed by atoms with E-state index in [4.69, 9.17) is 9.47 Å². The topological polar surface area (TPSA) is 64.6 Å². The number of ether oxygens (including phenoxy) is 2. The third-order valence-corrected chi connectivity index (χ3v) is 7.24. The van der Waals surface area contributed by atoms with Crippen molar-refractivity contribution in [1.29, 1.82) is 0 Å². The van der Waals surface area contributed by atoms with Gasteiger partial charge in [0, 0.05) is 29.3 Å². The van der Waals surface area contributed by atoms with Gasteiger partial charge in [-0.25, -0.2) is 4.79 Å². The monoisotopic (exact) mass is 473 g/mol. The van der Waals surface area contributed by atoms with Crippen LogP contribution in [0.5, 0.6) is 5.75 Å². The minimum absolute atomic E-state index is 0.0733. The van der Waals surface area contributed by atoms with E-state index in [0.717, 1.165) is 41.1 Å². The van der Waals surface area contributed by atoms with E-state index in [2.05, 4.69) is 24.4 Å². The maximum atomic E-state index is 13.7. The van der Waals surface area contributed by atoms with E-state index in [0.29, 0.717) is 24.0 Å². The zero-order valence-electron chi connectivity index (χ0n) is 21.3. The molecule has 0 amide bonds. The summed E-state index contributed by atoms with van der Waals surface area (Å²) in [7, 11) is 1.65. The molecule has 35 heavy (non-hydrogen) atoms. The van der Waals surface area contributed by atoms with E-state index in [1.165, 1.54) is 5.56 Å². The van der Waals surface area contributed by atoms with Crippen molar-refractivity contribution in [3.63, 3.8) is 0 Å². The minimum atomic E-state index is -0.432. The predicted molar refractivity (Wildman–Crippen MR) is 137 cm³/mol. The smallest absolute Gasteiger partial charge is 0.337 e. The second-order valence-electron chi connectivity index (χ2n) is 9.51. The number of carbonyl (C=O) groups is 2. The number of benzene rings is 2. The lowest BCUT2D eigenvalue weighted by molar-refractivity contribution is -0.144. The van der Waals surface area contributed by atoms with E-state index in [1.807, 2.05) is 57.2 Å².